The molecule has 5 atom stereocenters. The average Bonchev–Trinajstić information content (AvgIpc) is 3.50. The molecule has 0 saturated carbocycles. The number of sulfonamides is 1. The number of carbonyl (C=O) groups excluding carboxylic acids is 1. The van der Waals surface area contributed by atoms with Gasteiger partial charge in [0, 0.05) is 17.3 Å². The summed E-state index contributed by atoms with van der Waals surface area (Å²) in [6.45, 7) is 7.07. The van der Waals surface area contributed by atoms with Gasteiger partial charge in [-0.2, -0.15) is 0 Å². The van der Waals surface area contributed by atoms with Crippen LogP contribution in [0.25, 0.3) is 0 Å². The summed E-state index contributed by atoms with van der Waals surface area (Å²) >= 11 is 1.17. The third kappa shape index (κ3) is 5.96. The van der Waals surface area contributed by atoms with Gasteiger partial charge in [0.2, 0.25) is 5.91 Å². The molecule has 1 aromatic heterocycles. The fourth-order valence-electron chi connectivity index (χ4n) is 4.46. The van der Waals surface area contributed by atoms with Crippen LogP contribution in [0.5, 0.6) is 0 Å². The number of benzene rings is 1. The summed E-state index contributed by atoms with van der Waals surface area (Å²) in [5, 5.41) is 4.62. The molecular formula is C23H29N3O9S2. The Morgan fingerprint density at radius 2 is 1.70 bits per heavy atom. The average molecular weight is 556 g/mol. The van der Waals surface area contributed by atoms with Crippen molar-refractivity contribution >= 4 is 38.1 Å². The Morgan fingerprint density at radius 3 is 2.41 bits per heavy atom. The zero-order valence-corrected chi connectivity index (χ0v) is 22.3. The van der Waals surface area contributed by atoms with Crippen LogP contribution in [-0.2, 0) is 43.2 Å². The third-order valence-electron chi connectivity index (χ3n) is 5.87. The third-order valence-corrected chi connectivity index (χ3v) is 8.04. The number of thiazole rings is 1. The van der Waals surface area contributed by atoms with Crippen molar-refractivity contribution in [3.05, 3.63) is 35.8 Å². The van der Waals surface area contributed by atoms with Gasteiger partial charge in [-0.1, -0.05) is 0 Å². The number of anilines is 2. The van der Waals surface area contributed by atoms with Gasteiger partial charge in [-0.15, -0.1) is 11.3 Å². The minimum atomic E-state index is -3.78. The van der Waals surface area contributed by atoms with E-state index in [2.05, 4.69) is 15.0 Å². The number of aromatic nitrogens is 1. The highest BCUT2D eigenvalue weighted by molar-refractivity contribution is 7.93. The molecule has 3 saturated heterocycles. The molecule has 3 aliphatic rings. The van der Waals surface area contributed by atoms with Gasteiger partial charge in [-0.3, -0.25) is 9.52 Å². The predicted molar refractivity (Wildman–Crippen MR) is 131 cm³/mol. The first-order valence-electron chi connectivity index (χ1n) is 11.7. The number of hydrogen-bond donors (Lipinski definition) is 2. The van der Waals surface area contributed by atoms with Crippen molar-refractivity contribution in [2.24, 2.45) is 0 Å². The largest absolute Gasteiger partial charge is 0.369 e. The van der Waals surface area contributed by atoms with E-state index < -0.39 is 58.2 Å². The Kier molecular flexibility index (Phi) is 7.04. The Labute approximate surface area is 218 Å². The SMILES string of the molecule is CC1(C)O[C@@H]2O[C@H](COCC(=O)Nc3ccc(S(=O)(=O)Nc4nccs4)cc3)[C@@H]3OC(C)(C)O[C@@H]3[C@@H]2O1. The van der Waals surface area contributed by atoms with Crippen LogP contribution in [0.4, 0.5) is 10.8 Å². The number of hydrogen-bond acceptors (Lipinski definition) is 11. The van der Waals surface area contributed by atoms with Crippen molar-refractivity contribution < 1.29 is 41.6 Å². The second kappa shape index (κ2) is 9.85. The second-order valence-corrected chi connectivity index (χ2v) is 12.3. The molecule has 0 spiro atoms. The van der Waals surface area contributed by atoms with Crippen LogP contribution in [0.15, 0.2) is 40.7 Å². The van der Waals surface area contributed by atoms with Crippen LogP contribution in [0, 0.1) is 0 Å². The summed E-state index contributed by atoms with van der Waals surface area (Å²) in [5.41, 5.74) is 0.423. The van der Waals surface area contributed by atoms with Crippen molar-refractivity contribution in [1.29, 1.82) is 0 Å². The summed E-state index contributed by atoms with van der Waals surface area (Å²) < 4.78 is 62.9. The zero-order valence-electron chi connectivity index (χ0n) is 20.7. The molecule has 1 amide bonds. The van der Waals surface area contributed by atoms with Crippen molar-refractivity contribution in [2.45, 2.75) is 74.9 Å². The second-order valence-electron chi connectivity index (χ2n) is 9.74. The molecule has 2 N–H and O–H groups in total. The molecule has 0 bridgehead atoms. The number of amides is 1. The van der Waals surface area contributed by atoms with Gasteiger partial charge < -0.3 is 33.7 Å². The van der Waals surface area contributed by atoms with Crippen molar-refractivity contribution in [3.8, 4) is 0 Å². The first-order valence-corrected chi connectivity index (χ1v) is 14.0. The monoisotopic (exact) mass is 555 g/mol. The van der Waals surface area contributed by atoms with E-state index >= 15 is 0 Å². The number of rotatable bonds is 8. The lowest BCUT2D eigenvalue weighted by atomic mass is 9.99. The van der Waals surface area contributed by atoms with E-state index in [1.807, 2.05) is 13.8 Å². The Balaban J connectivity index is 1.14. The molecule has 4 heterocycles. The molecule has 5 rings (SSSR count). The standard InChI is InChI=1S/C23H29N3O9S2/c1-22(2)32-17-15(31-20-19(18(17)33-22)34-23(3,4)35-20)11-30-12-16(27)25-13-5-7-14(8-6-13)37(28,29)26-21-24-9-10-36-21/h5-10,15,17-20H,11-12H2,1-4H3,(H,24,26)(H,25,27)/t15-,17+,18+,19+,20+/m1/s1. The highest BCUT2D eigenvalue weighted by Gasteiger charge is 2.60. The van der Waals surface area contributed by atoms with Gasteiger partial charge in [0.1, 0.15) is 31.0 Å². The van der Waals surface area contributed by atoms with Crippen LogP contribution in [0.2, 0.25) is 0 Å². The minimum Gasteiger partial charge on any atom is -0.369 e. The summed E-state index contributed by atoms with van der Waals surface area (Å²) in [5.74, 6) is -2.06. The summed E-state index contributed by atoms with van der Waals surface area (Å²) in [6, 6.07) is 5.77. The first-order chi connectivity index (χ1) is 17.4. The number of nitrogens with one attached hydrogen (secondary N) is 2. The number of nitrogens with zero attached hydrogens (tertiary/aromatic N) is 1. The van der Waals surface area contributed by atoms with Crippen LogP contribution >= 0.6 is 11.3 Å². The number of carbonyl (C=O) groups is 1. The number of ether oxygens (including phenoxy) is 6. The van der Waals surface area contributed by atoms with Gasteiger partial charge in [0.05, 0.1) is 11.5 Å². The van der Waals surface area contributed by atoms with E-state index in [0.29, 0.717) is 5.69 Å². The maximum Gasteiger partial charge on any atom is 0.263 e. The van der Waals surface area contributed by atoms with Crippen LogP contribution in [0.1, 0.15) is 27.7 Å². The summed E-state index contributed by atoms with van der Waals surface area (Å²) in [7, 11) is -3.78. The van der Waals surface area contributed by atoms with Gasteiger partial charge in [-0.05, 0) is 52.0 Å². The topological polar surface area (TPSA) is 144 Å². The maximum atomic E-state index is 12.4. The number of fused-ring (bicyclic) bond motifs is 3. The normalized spacial score (nSPS) is 29.9. The molecule has 3 fully saturated rings. The molecule has 37 heavy (non-hydrogen) atoms. The fraction of sp³-hybridized carbons (Fsp3) is 0.565. The molecule has 1 aromatic carbocycles. The van der Waals surface area contributed by atoms with Gasteiger partial charge >= 0.3 is 0 Å². The quantitative estimate of drug-likeness (QED) is 0.498. The van der Waals surface area contributed by atoms with Crippen LogP contribution in [0.3, 0.4) is 0 Å². The molecule has 0 aliphatic carbocycles. The zero-order chi connectivity index (χ0) is 26.4. The molecule has 2 aromatic rings. The smallest absolute Gasteiger partial charge is 0.263 e. The molecule has 12 nitrogen and oxygen atoms in total. The molecule has 202 valence electrons. The van der Waals surface area contributed by atoms with E-state index in [1.165, 1.54) is 41.8 Å². The Bertz CT molecular complexity index is 1220. The molecule has 0 unspecified atom stereocenters. The predicted octanol–water partition coefficient (Wildman–Crippen LogP) is 2.30. The van der Waals surface area contributed by atoms with E-state index in [0.717, 1.165) is 0 Å². The highest BCUT2D eigenvalue weighted by Crippen LogP contribution is 2.44. The van der Waals surface area contributed by atoms with E-state index in [-0.39, 0.29) is 23.2 Å². The summed E-state index contributed by atoms with van der Waals surface area (Å²) in [6.07, 6.45) is -0.970. The van der Waals surface area contributed by atoms with E-state index in [4.69, 9.17) is 28.4 Å². The lowest BCUT2D eigenvalue weighted by Crippen LogP contribution is -2.56. The van der Waals surface area contributed by atoms with Gasteiger partial charge in [0.15, 0.2) is 23.0 Å². The van der Waals surface area contributed by atoms with Crippen molar-refractivity contribution in [3.63, 3.8) is 0 Å². The van der Waals surface area contributed by atoms with Crippen molar-refractivity contribution in [2.75, 3.05) is 23.3 Å². The van der Waals surface area contributed by atoms with Gasteiger partial charge in [0.25, 0.3) is 10.0 Å². The van der Waals surface area contributed by atoms with E-state index in [1.54, 1.807) is 19.2 Å². The van der Waals surface area contributed by atoms with Crippen LogP contribution < -0.4 is 10.0 Å². The molecule has 0 radical (unpaired) electrons. The lowest BCUT2D eigenvalue weighted by molar-refractivity contribution is -0.242. The first kappa shape index (κ1) is 26.4. The summed E-state index contributed by atoms with van der Waals surface area (Å²) in [4.78, 5) is 16.4. The lowest BCUT2D eigenvalue weighted by Gasteiger charge is -2.37. The minimum absolute atomic E-state index is 0.0438. The molecule has 3 aliphatic heterocycles. The van der Waals surface area contributed by atoms with Crippen molar-refractivity contribution in [1.82, 2.24) is 4.98 Å². The maximum absolute atomic E-state index is 12.4. The van der Waals surface area contributed by atoms with Gasteiger partial charge in [-0.25, -0.2) is 13.4 Å². The highest BCUT2D eigenvalue weighted by atomic mass is 32.2. The molecule has 14 heteroatoms. The molecular weight excluding hydrogens is 526 g/mol. The Morgan fingerprint density at radius 1 is 1.03 bits per heavy atom. The fourth-order valence-corrected chi connectivity index (χ4v) is 6.25. The Hall–Kier alpha value is -2.17. The van der Waals surface area contributed by atoms with Crippen LogP contribution in [-0.4, -0.2) is 74.8 Å². The van der Waals surface area contributed by atoms with E-state index in [9.17, 15) is 13.2 Å².